The molecule has 1 N–H and O–H groups in total. The summed E-state index contributed by atoms with van der Waals surface area (Å²) in [5, 5.41) is 3.02. The molecule has 2 aliphatic rings. The smallest absolute Gasteiger partial charge is 0.252 e. The number of amides is 1. The maximum atomic E-state index is 13.1. The van der Waals surface area contributed by atoms with Gasteiger partial charge in [-0.25, -0.2) is 8.42 Å². The number of carbonyl (C=O) groups is 1. The molecule has 2 fully saturated rings. The van der Waals surface area contributed by atoms with Gasteiger partial charge in [-0.05, 0) is 50.2 Å². The number of carbonyl (C=O) groups excluding carboxylic acids is 1. The predicted molar refractivity (Wildman–Crippen MR) is 115 cm³/mol. The first-order chi connectivity index (χ1) is 13.8. The average molecular weight is 422 g/mol. The third kappa shape index (κ3) is 5.58. The zero-order chi connectivity index (χ0) is 21.0. The minimum atomic E-state index is -3.65. The lowest BCUT2D eigenvalue weighted by molar-refractivity contribution is 0.0901. The largest absolute Gasteiger partial charge is 0.348 e. The summed E-state index contributed by atoms with van der Waals surface area (Å²) in [6.45, 7) is 10.5. The molecule has 1 aromatic rings. The molecule has 7 heteroatoms. The van der Waals surface area contributed by atoms with Crippen LogP contribution in [0.1, 0.15) is 56.8 Å². The Labute approximate surface area is 175 Å². The van der Waals surface area contributed by atoms with Crippen LogP contribution in [0.2, 0.25) is 0 Å². The van der Waals surface area contributed by atoms with Crippen molar-refractivity contribution in [3.63, 3.8) is 0 Å². The SMILES string of the molecule is CC1CC(C)CN(CC(C)NC(=O)c2ccccc2S(=O)(=O)N2CCCCC2)C1. The molecule has 1 amide bonds. The molecule has 0 saturated carbocycles. The second-order valence-corrected chi connectivity index (χ2v) is 10.9. The van der Waals surface area contributed by atoms with Crippen molar-refractivity contribution in [1.29, 1.82) is 0 Å². The zero-order valence-electron chi connectivity index (χ0n) is 17.9. The number of hydrogen-bond acceptors (Lipinski definition) is 4. The fourth-order valence-corrected chi connectivity index (χ4v) is 6.51. The number of benzene rings is 1. The van der Waals surface area contributed by atoms with E-state index in [2.05, 4.69) is 24.1 Å². The van der Waals surface area contributed by atoms with Crippen LogP contribution in [0.4, 0.5) is 0 Å². The number of nitrogens with one attached hydrogen (secondary N) is 1. The van der Waals surface area contributed by atoms with Gasteiger partial charge in [-0.1, -0.05) is 32.4 Å². The van der Waals surface area contributed by atoms with E-state index in [4.69, 9.17) is 0 Å². The molecule has 0 spiro atoms. The quantitative estimate of drug-likeness (QED) is 0.767. The lowest BCUT2D eigenvalue weighted by atomic mass is 9.92. The summed E-state index contributed by atoms with van der Waals surface area (Å²) in [6.07, 6.45) is 4.05. The van der Waals surface area contributed by atoms with Crippen LogP contribution < -0.4 is 5.32 Å². The summed E-state index contributed by atoms with van der Waals surface area (Å²) in [7, 11) is -3.65. The molecule has 29 heavy (non-hydrogen) atoms. The predicted octanol–water partition coefficient (Wildman–Crippen LogP) is 2.96. The van der Waals surface area contributed by atoms with Gasteiger partial charge in [-0.3, -0.25) is 4.79 Å². The molecule has 162 valence electrons. The van der Waals surface area contributed by atoms with Crippen molar-refractivity contribution < 1.29 is 13.2 Å². The van der Waals surface area contributed by atoms with Gasteiger partial charge in [0, 0.05) is 38.8 Å². The Balaban J connectivity index is 1.69. The average Bonchev–Trinajstić information content (AvgIpc) is 2.67. The van der Waals surface area contributed by atoms with E-state index in [-0.39, 0.29) is 22.4 Å². The minimum absolute atomic E-state index is 0.0502. The van der Waals surface area contributed by atoms with Crippen LogP contribution in [0.3, 0.4) is 0 Å². The summed E-state index contributed by atoms with van der Waals surface area (Å²) < 4.78 is 27.8. The Bertz CT molecular complexity index is 795. The lowest BCUT2D eigenvalue weighted by Crippen LogP contribution is -2.47. The van der Waals surface area contributed by atoms with Gasteiger partial charge < -0.3 is 10.2 Å². The van der Waals surface area contributed by atoms with Crippen LogP contribution in [0.25, 0.3) is 0 Å². The molecule has 0 bridgehead atoms. The van der Waals surface area contributed by atoms with Crippen molar-refractivity contribution in [3.05, 3.63) is 29.8 Å². The molecule has 1 aromatic carbocycles. The molecule has 2 saturated heterocycles. The molecule has 6 nitrogen and oxygen atoms in total. The Morgan fingerprint density at radius 1 is 1.10 bits per heavy atom. The van der Waals surface area contributed by atoms with Crippen molar-refractivity contribution in [3.8, 4) is 0 Å². The standard InChI is InChI=1S/C22H35N3O3S/c1-17-13-18(2)15-24(14-17)16-19(3)23-22(26)20-9-5-6-10-21(20)29(27,28)25-11-7-4-8-12-25/h5-6,9-10,17-19H,4,7-8,11-16H2,1-3H3,(H,23,26). The molecule has 0 radical (unpaired) electrons. The Kier molecular flexibility index (Phi) is 7.35. The Morgan fingerprint density at radius 2 is 1.72 bits per heavy atom. The van der Waals surface area contributed by atoms with Crippen molar-refractivity contribution >= 4 is 15.9 Å². The second-order valence-electron chi connectivity index (χ2n) is 9.00. The van der Waals surface area contributed by atoms with Crippen molar-refractivity contribution in [2.24, 2.45) is 11.8 Å². The van der Waals surface area contributed by atoms with E-state index in [9.17, 15) is 13.2 Å². The maximum Gasteiger partial charge on any atom is 0.252 e. The number of likely N-dealkylation sites (tertiary alicyclic amines) is 1. The van der Waals surface area contributed by atoms with Crippen LogP contribution in [0.15, 0.2) is 29.2 Å². The summed E-state index contributed by atoms with van der Waals surface area (Å²) in [5.74, 6) is 1.01. The first-order valence-corrected chi connectivity index (χ1v) is 12.3. The van der Waals surface area contributed by atoms with Gasteiger partial charge in [0.1, 0.15) is 0 Å². The van der Waals surface area contributed by atoms with Crippen LogP contribution in [-0.2, 0) is 10.0 Å². The third-order valence-corrected chi connectivity index (χ3v) is 7.88. The number of hydrogen-bond donors (Lipinski definition) is 1. The van der Waals surface area contributed by atoms with Gasteiger partial charge in [-0.2, -0.15) is 4.31 Å². The maximum absolute atomic E-state index is 13.1. The molecule has 2 heterocycles. The summed E-state index contributed by atoms with van der Waals surface area (Å²) >= 11 is 0. The number of nitrogens with zero attached hydrogens (tertiary/aromatic N) is 2. The molecule has 2 aliphatic heterocycles. The summed E-state index contributed by atoms with van der Waals surface area (Å²) in [5.41, 5.74) is 0.241. The first-order valence-electron chi connectivity index (χ1n) is 10.9. The van der Waals surface area contributed by atoms with E-state index in [1.54, 1.807) is 24.3 Å². The normalized spacial score (nSPS) is 25.5. The van der Waals surface area contributed by atoms with Gasteiger partial charge in [0.15, 0.2) is 0 Å². The van der Waals surface area contributed by atoms with Crippen LogP contribution in [-0.4, -0.2) is 62.3 Å². The van der Waals surface area contributed by atoms with E-state index >= 15 is 0 Å². The highest BCUT2D eigenvalue weighted by atomic mass is 32.2. The number of rotatable bonds is 6. The molecule has 3 atom stereocenters. The minimum Gasteiger partial charge on any atom is -0.348 e. The van der Waals surface area contributed by atoms with Crippen LogP contribution in [0.5, 0.6) is 0 Å². The van der Waals surface area contributed by atoms with Crippen LogP contribution >= 0.6 is 0 Å². The molecular formula is C22H35N3O3S. The highest BCUT2D eigenvalue weighted by molar-refractivity contribution is 7.89. The Morgan fingerprint density at radius 3 is 2.38 bits per heavy atom. The van der Waals surface area contributed by atoms with Gasteiger partial charge in [-0.15, -0.1) is 0 Å². The molecular weight excluding hydrogens is 386 g/mol. The first kappa shape index (κ1) is 22.2. The number of sulfonamides is 1. The Hall–Kier alpha value is -1.44. The van der Waals surface area contributed by atoms with Crippen molar-refractivity contribution in [1.82, 2.24) is 14.5 Å². The van der Waals surface area contributed by atoms with E-state index in [0.29, 0.717) is 24.9 Å². The van der Waals surface area contributed by atoms with Crippen molar-refractivity contribution in [2.75, 3.05) is 32.7 Å². The molecule has 3 rings (SSSR count). The van der Waals surface area contributed by atoms with Gasteiger partial charge in [0.05, 0.1) is 10.5 Å². The third-order valence-electron chi connectivity index (χ3n) is 5.92. The number of piperidine rings is 2. The summed E-state index contributed by atoms with van der Waals surface area (Å²) in [4.78, 5) is 15.5. The molecule has 0 aliphatic carbocycles. The van der Waals surface area contributed by atoms with Crippen LogP contribution in [0, 0.1) is 11.8 Å². The summed E-state index contributed by atoms with van der Waals surface area (Å²) in [6, 6.07) is 6.53. The zero-order valence-corrected chi connectivity index (χ0v) is 18.7. The molecule has 3 unspecified atom stereocenters. The highest BCUT2D eigenvalue weighted by Crippen LogP contribution is 2.24. The van der Waals surface area contributed by atoms with E-state index in [1.807, 2.05) is 6.92 Å². The lowest BCUT2D eigenvalue weighted by Gasteiger charge is -2.36. The van der Waals surface area contributed by atoms with E-state index < -0.39 is 10.0 Å². The fourth-order valence-electron chi connectivity index (χ4n) is 4.80. The topological polar surface area (TPSA) is 69.7 Å². The fraction of sp³-hybridized carbons (Fsp3) is 0.682. The van der Waals surface area contributed by atoms with E-state index in [1.165, 1.54) is 10.7 Å². The monoisotopic (exact) mass is 421 g/mol. The van der Waals surface area contributed by atoms with E-state index in [0.717, 1.165) is 38.9 Å². The van der Waals surface area contributed by atoms with Gasteiger partial charge >= 0.3 is 0 Å². The second kappa shape index (κ2) is 9.58. The highest BCUT2D eigenvalue weighted by Gasteiger charge is 2.30. The van der Waals surface area contributed by atoms with Crippen molar-refractivity contribution in [2.45, 2.75) is 57.4 Å². The van der Waals surface area contributed by atoms with Gasteiger partial charge in [0.25, 0.3) is 5.91 Å². The van der Waals surface area contributed by atoms with Gasteiger partial charge in [0.2, 0.25) is 10.0 Å². The molecule has 0 aromatic heterocycles.